The van der Waals surface area contributed by atoms with Gasteiger partial charge in [0, 0.05) is 26.2 Å². The van der Waals surface area contributed by atoms with Crippen molar-refractivity contribution in [3.8, 4) is 11.1 Å². The molecule has 0 amide bonds. The van der Waals surface area contributed by atoms with Gasteiger partial charge in [-0.05, 0) is 39.9 Å². The van der Waals surface area contributed by atoms with Crippen LogP contribution in [0.3, 0.4) is 0 Å². The first-order valence-electron chi connectivity index (χ1n) is 10.4. The second-order valence-electron chi connectivity index (χ2n) is 7.93. The van der Waals surface area contributed by atoms with Crippen LogP contribution in [-0.2, 0) is 6.18 Å². The molecule has 3 aromatic rings. The maximum absolute atomic E-state index is 12.7. The van der Waals surface area contributed by atoms with Gasteiger partial charge in [-0.15, -0.1) is 0 Å². The Morgan fingerprint density at radius 1 is 0.742 bits per heavy atom. The zero-order chi connectivity index (χ0) is 21.4. The Morgan fingerprint density at radius 2 is 1.29 bits per heavy atom. The van der Waals surface area contributed by atoms with Gasteiger partial charge in [0.25, 0.3) is 0 Å². The van der Waals surface area contributed by atoms with Crippen molar-refractivity contribution in [2.75, 3.05) is 26.2 Å². The predicted molar refractivity (Wildman–Crippen MR) is 116 cm³/mol. The molecule has 1 aliphatic heterocycles. The van der Waals surface area contributed by atoms with E-state index in [9.17, 15) is 13.2 Å². The summed E-state index contributed by atoms with van der Waals surface area (Å²) in [7, 11) is 0. The first-order valence-corrected chi connectivity index (χ1v) is 10.4. The molecule has 0 radical (unpaired) electrons. The number of nitrogens with zero attached hydrogens (tertiary/aromatic N) is 3. The molecule has 1 fully saturated rings. The van der Waals surface area contributed by atoms with Crippen molar-refractivity contribution in [1.82, 2.24) is 9.91 Å². The molecule has 1 heterocycles. The van der Waals surface area contributed by atoms with Crippen LogP contribution in [0.4, 0.5) is 13.2 Å². The van der Waals surface area contributed by atoms with Crippen molar-refractivity contribution >= 4 is 6.21 Å². The molecule has 2 aliphatic rings. The summed E-state index contributed by atoms with van der Waals surface area (Å²) in [5.41, 5.74) is 5.34. The topological polar surface area (TPSA) is 18.8 Å². The third kappa shape index (κ3) is 3.83. The fraction of sp³-hybridized carbons (Fsp3) is 0.240. The van der Waals surface area contributed by atoms with Gasteiger partial charge < -0.3 is 0 Å². The quantitative estimate of drug-likeness (QED) is 0.526. The lowest BCUT2D eigenvalue weighted by molar-refractivity contribution is -0.137. The van der Waals surface area contributed by atoms with E-state index in [0.717, 1.165) is 38.3 Å². The summed E-state index contributed by atoms with van der Waals surface area (Å²) in [6.07, 6.45) is -2.68. The highest BCUT2D eigenvalue weighted by Gasteiger charge is 2.34. The van der Waals surface area contributed by atoms with Gasteiger partial charge >= 0.3 is 6.18 Å². The van der Waals surface area contributed by atoms with E-state index in [1.807, 2.05) is 5.01 Å². The molecule has 0 spiro atoms. The zero-order valence-corrected chi connectivity index (χ0v) is 16.9. The normalized spacial score (nSPS) is 17.2. The lowest BCUT2D eigenvalue weighted by atomic mass is 10.0. The van der Waals surface area contributed by atoms with E-state index in [0.29, 0.717) is 5.56 Å². The van der Waals surface area contributed by atoms with Crippen LogP contribution in [0.1, 0.15) is 28.3 Å². The van der Waals surface area contributed by atoms with E-state index >= 15 is 0 Å². The highest BCUT2D eigenvalue weighted by Crippen LogP contribution is 2.46. The van der Waals surface area contributed by atoms with Gasteiger partial charge in [0.15, 0.2) is 0 Å². The third-order valence-electron chi connectivity index (χ3n) is 6.06. The van der Waals surface area contributed by atoms with E-state index in [2.05, 4.69) is 58.5 Å². The molecule has 1 aliphatic carbocycles. The Kier molecular flexibility index (Phi) is 5.02. The summed E-state index contributed by atoms with van der Waals surface area (Å²) in [6.45, 7) is 3.30. The van der Waals surface area contributed by atoms with Crippen LogP contribution in [0.15, 0.2) is 77.9 Å². The minimum atomic E-state index is -4.32. The molecule has 31 heavy (non-hydrogen) atoms. The van der Waals surface area contributed by atoms with E-state index in [4.69, 9.17) is 0 Å². The fourth-order valence-electron chi connectivity index (χ4n) is 4.51. The largest absolute Gasteiger partial charge is 0.416 e. The van der Waals surface area contributed by atoms with Gasteiger partial charge in [-0.1, -0.05) is 60.7 Å². The molecule has 0 N–H and O–H groups in total. The van der Waals surface area contributed by atoms with Gasteiger partial charge in [0.1, 0.15) is 0 Å². The third-order valence-corrected chi connectivity index (χ3v) is 6.06. The van der Waals surface area contributed by atoms with E-state index in [-0.39, 0.29) is 6.04 Å². The number of benzene rings is 3. The molecule has 0 bridgehead atoms. The minimum absolute atomic E-state index is 0.258. The van der Waals surface area contributed by atoms with Gasteiger partial charge in [-0.2, -0.15) is 18.3 Å². The average molecular weight is 421 g/mol. The maximum Gasteiger partial charge on any atom is 0.416 e. The maximum atomic E-state index is 12.7. The fourth-order valence-corrected chi connectivity index (χ4v) is 4.51. The first kappa shape index (κ1) is 19.8. The lowest BCUT2D eigenvalue weighted by Crippen LogP contribution is -2.45. The number of hydrogen-bond acceptors (Lipinski definition) is 3. The van der Waals surface area contributed by atoms with Gasteiger partial charge in [-0.25, -0.2) is 0 Å². The number of alkyl halides is 3. The summed E-state index contributed by atoms with van der Waals surface area (Å²) >= 11 is 0. The van der Waals surface area contributed by atoms with E-state index < -0.39 is 11.7 Å². The molecule has 3 nitrogen and oxygen atoms in total. The molecule has 0 atom stereocenters. The Balaban J connectivity index is 1.27. The number of hydrogen-bond donors (Lipinski definition) is 0. The number of hydrazone groups is 1. The highest BCUT2D eigenvalue weighted by molar-refractivity contribution is 5.79. The Bertz CT molecular complexity index is 1050. The van der Waals surface area contributed by atoms with E-state index in [1.54, 1.807) is 6.21 Å². The molecule has 1 saturated heterocycles. The van der Waals surface area contributed by atoms with Crippen molar-refractivity contribution in [3.63, 3.8) is 0 Å². The Morgan fingerprint density at radius 3 is 1.84 bits per heavy atom. The molecule has 0 saturated carbocycles. The average Bonchev–Trinajstić information content (AvgIpc) is 3.12. The monoisotopic (exact) mass is 421 g/mol. The minimum Gasteiger partial charge on any atom is -0.294 e. The second-order valence-corrected chi connectivity index (χ2v) is 7.93. The van der Waals surface area contributed by atoms with Crippen molar-refractivity contribution in [2.45, 2.75) is 12.2 Å². The molecule has 6 heteroatoms. The number of rotatable bonds is 3. The van der Waals surface area contributed by atoms with Crippen LogP contribution < -0.4 is 0 Å². The summed E-state index contributed by atoms with van der Waals surface area (Å²) in [5, 5.41) is 6.48. The molecule has 0 unspecified atom stereocenters. The van der Waals surface area contributed by atoms with Crippen LogP contribution in [0.25, 0.3) is 11.1 Å². The van der Waals surface area contributed by atoms with Crippen LogP contribution in [-0.4, -0.2) is 42.3 Å². The van der Waals surface area contributed by atoms with Crippen LogP contribution in [0.5, 0.6) is 0 Å². The van der Waals surface area contributed by atoms with Crippen molar-refractivity contribution in [2.24, 2.45) is 5.10 Å². The van der Waals surface area contributed by atoms with Crippen LogP contribution in [0.2, 0.25) is 0 Å². The highest BCUT2D eigenvalue weighted by atomic mass is 19.4. The molecule has 158 valence electrons. The standard InChI is InChI=1S/C25H22F3N3/c26-25(27,28)19-11-9-18(10-12-19)17-29-31-15-13-30(14-16-31)24-22-7-3-1-5-20(22)21-6-2-4-8-23(21)24/h1-12,17,24H,13-16H2/b29-17+. The van der Waals surface area contributed by atoms with Gasteiger partial charge in [0.2, 0.25) is 0 Å². The van der Waals surface area contributed by atoms with Gasteiger partial charge in [0.05, 0.1) is 17.8 Å². The molecular formula is C25H22F3N3. The Labute approximate surface area is 179 Å². The first-order chi connectivity index (χ1) is 15.0. The zero-order valence-electron chi connectivity index (χ0n) is 16.9. The molecule has 5 rings (SSSR count). The van der Waals surface area contributed by atoms with Crippen molar-refractivity contribution in [3.05, 3.63) is 95.1 Å². The molecule has 3 aromatic carbocycles. The predicted octanol–water partition coefficient (Wildman–Crippen LogP) is 5.43. The summed E-state index contributed by atoms with van der Waals surface area (Å²) in [4.78, 5) is 2.49. The summed E-state index contributed by atoms with van der Waals surface area (Å²) < 4.78 is 38.1. The summed E-state index contributed by atoms with van der Waals surface area (Å²) in [6, 6.07) is 22.5. The number of piperazine rings is 1. The number of fused-ring (bicyclic) bond motifs is 3. The molecule has 0 aromatic heterocycles. The van der Waals surface area contributed by atoms with Crippen molar-refractivity contribution in [1.29, 1.82) is 0 Å². The summed E-state index contributed by atoms with van der Waals surface area (Å²) in [5.74, 6) is 0. The Hall–Kier alpha value is -3.12. The smallest absolute Gasteiger partial charge is 0.294 e. The second kappa shape index (κ2) is 7.85. The molecular weight excluding hydrogens is 399 g/mol. The van der Waals surface area contributed by atoms with Crippen LogP contribution >= 0.6 is 0 Å². The van der Waals surface area contributed by atoms with Crippen LogP contribution in [0, 0.1) is 0 Å². The van der Waals surface area contributed by atoms with Gasteiger partial charge in [-0.3, -0.25) is 9.91 Å². The number of halogens is 3. The van der Waals surface area contributed by atoms with E-state index in [1.165, 1.54) is 34.4 Å². The lowest BCUT2D eigenvalue weighted by Gasteiger charge is -2.37. The van der Waals surface area contributed by atoms with Crippen molar-refractivity contribution < 1.29 is 13.2 Å². The SMILES string of the molecule is FC(F)(F)c1ccc(/C=N/N2CCN(C3c4ccccc4-c4ccccc43)CC2)cc1.